The Morgan fingerprint density at radius 2 is 1.78 bits per heavy atom. The first-order valence-electron chi connectivity index (χ1n) is 7.88. The second kappa shape index (κ2) is 17.4. The summed E-state index contributed by atoms with van der Waals surface area (Å²) in [7, 11) is 1.40. The quantitative estimate of drug-likeness (QED) is 0.240. The largest absolute Gasteiger partial charge is 0.469 e. The SMILES string of the molecule is COC(=O)CCCC#CC#C/C=C\CCCCCCC=C(Br)Br. The number of unbranched alkanes of at least 4 members (excludes halogenated alkanes) is 6. The monoisotopic (exact) mass is 442 g/mol. The van der Waals surface area contributed by atoms with E-state index in [9.17, 15) is 4.79 Å². The van der Waals surface area contributed by atoms with Crippen LogP contribution >= 0.6 is 31.9 Å². The maximum atomic E-state index is 10.9. The van der Waals surface area contributed by atoms with Gasteiger partial charge < -0.3 is 4.74 Å². The fourth-order valence-corrected chi connectivity index (χ4v) is 2.18. The van der Waals surface area contributed by atoms with Crippen LogP contribution in [0.3, 0.4) is 0 Å². The number of carbonyl (C=O) groups is 1. The van der Waals surface area contributed by atoms with Gasteiger partial charge in [-0.25, -0.2) is 0 Å². The van der Waals surface area contributed by atoms with Gasteiger partial charge in [-0.05, 0) is 81.9 Å². The van der Waals surface area contributed by atoms with E-state index in [1.165, 1.54) is 32.8 Å². The summed E-state index contributed by atoms with van der Waals surface area (Å²) in [6.45, 7) is 0. The lowest BCUT2D eigenvalue weighted by Gasteiger charge is -1.96. The van der Waals surface area contributed by atoms with Crippen molar-refractivity contribution in [2.45, 2.75) is 57.8 Å². The van der Waals surface area contributed by atoms with Gasteiger partial charge in [-0.1, -0.05) is 36.8 Å². The third kappa shape index (κ3) is 19.0. The van der Waals surface area contributed by atoms with Gasteiger partial charge in [-0.15, -0.1) is 0 Å². The number of methoxy groups -OCH3 is 1. The minimum atomic E-state index is -0.187. The number of hydrogen-bond acceptors (Lipinski definition) is 2. The first kappa shape index (κ1) is 22.0. The van der Waals surface area contributed by atoms with E-state index >= 15 is 0 Å². The van der Waals surface area contributed by atoms with Crippen molar-refractivity contribution in [3.05, 3.63) is 21.6 Å². The molecule has 0 heterocycles. The van der Waals surface area contributed by atoms with Gasteiger partial charge in [0.1, 0.15) is 0 Å². The Kier molecular flexibility index (Phi) is 16.7. The van der Waals surface area contributed by atoms with E-state index in [2.05, 4.69) is 72.4 Å². The molecular weight excluding hydrogens is 420 g/mol. The van der Waals surface area contributed by atoms with Crippen molar-refractivity contribution in [3.63, 3.8) is 0 Å². The van der Waals surface area contributed by atoms with Crippen LogP contribution in [0.1, 0.15) is 57.8 Å². The Labute approximate surface area is 157 Å². The minimum Gasteiger partial charge on any atom is -0.469 e. The number of allylic oxidation sites excluding steroid dienone is 3. The molecule has 0 N–H and O–H groups in total. The number of ether oxygens (including phenoxy) is 1. The number of halogens is 2. The summed E-state index contributed by atoms with van der Waals surface area (Å²) in [5.41, 5.74) is 0. The summed E-state index contributed by atoms with van der Waals surface area (Å²) < 4.78 is 5.59. The van der Waals surface area contributed by atoms with Crippen LogP contribution in [0.5, 0.6) is 0 Å². The molecule has 0 radical (unpaired) electrons. The highest BCUT2D eigenvalue weighted by Crippen LogP contribution is 2.15. The van der Waals surface area contributed by atoms with Crippen molar-refractivity contribution in [3.8, 4) is 23.7 Å². The van der Waals surface area contributed by atoms with Crippen LogP contribution in [0.4, 0.5) is 0 Å². The summed E-state index contributed by atoms with van der Waals surface area (Å²) in [6, 6.07) is 0. The highest BCUT2D eigenvalue weighted by Gasteiger charge is 1.96. The van der Waals surface area contributed by atoms with Gasteiger partial charge in [-0.2, -0.15) is 0 Å². The first-order chi connectivity index (χ1) is 11.2. The summed E-state index contributed by atoms with van der Waals surface area (Å²) in [5, 5.41) is 0. The average Bonchev–Trinajstić information content (AvgIpc) is 2.53. The zero-order chi connectivity index (χ0) is 17.2. The molecule has 0 saturated heterocycles. The zero-order valence-electron chi connectivity index (χ0n) is 13.7. The smallest absolute Gasteiger partial charge is 0.305 e. The van der Waals surface area contributed by atoms with Gasteiger partial charge in [-0.3, -0.25) is 4.79 Å². The Bertz CT molecular complexity index is 495. The van der Waals surface area contributed by atoms with Gasteiger partial charge in [0, 0.05) is 12.8 Å². The van der Waals surface area contributed by atoms with Crippen LogP contribution < -0.4 is 0 Å². The standard InChI is InChI=1S/C19H24Br2O2/c1-23-19(22)17-15-13-11-9-7-5-3-2-4-6-8-10-12-14-16-18(20)21/h2-3,16H,4,6,8,10,12-15,17H2,1H3/b3-2-. The molecule has 0 bridgehead atoms. The number of hydrogen-bond donors (Lipinski definition) is 0. The van der Waals surface area contributed by atoms with Crippen LogP contribution in [-0.4, -0.2) is 13.1 Å². The van der Waals surface area contributed by atoms with E-state index in [4.69, 9.17) is 0 Å². The van der Waals surface area contributed by atoms with Gasteiger partial charge >= 0.3 is 5.97 Å². The molecule has 0 amide bonds. The highest BCUT2D eigenvalue weighted by molar-refractivity contribution is 9.28. The average molecular weight is 444 g/mol. The van der Waals surface area contributed by atoms with Crippen LogP contribution in [0, 0.1) is 23.7 Å². The third-order valence-electron chi connectivity index (χ3n) is 2.96. The molecule has 0 unspecified atom stereocenters. The van der Waals surface area contributed by atoms with E-state index in [1.807, 2.05) is 6.08 Å². The van der Waals surface area contributed by atoms with E-state index in [0.717, 1.165) is 22.7 Å². The number of carbonyl (C=O) groups excluding carboxylic acids is 1. The molecule has 0 aromatic rings. The van der Waals surface area contributed by atoms with Crippen molar-refractivity contribution >= 4 is 37.8 Å². The predicted molar refractivity (Wildman–Crippen MR) is 104 cm³/mol. The van der Waals surface area contributed by atoms with Gasteiger partial charge in [0.25, 0.3) is 0 Å². The molecule has 4 heteroatoms. The maximum Gasteiger partial charge on any atom is 0.305 e. The summed E-state index contributed by atoms with van der Waals surface area (Å²) in [5.74, 6) is 11.2. The molecule has 0 aromatic heterocycles. The maximum absolute atomic E-state index is 10.9. The molecule has 23 heavy (non-hydrogen) atoms. The van der Waals surface area contributed by atoms with E-state index in [0.29, 0.717) is 12.8 Å². The van der Waals surface area contributed by atoms with Crippen LogP contribution in [-0.2, 0) is 9.53 Å². The fourth-order valence-electron chi connectivity index (χ4n) is 1.72. The second-order valence-electron chi connectivity index (χ2n) is 4.89. The third-order valence-corrected chi connectivity index (χ3v) is 3.61. The van der Waals surface area contributed by atoms with E-state index in [1.54, 1.807) is 0 Å². The Morgan fingerprint density at radius 1 is 1.04 bits per heavy atom. The summed E-state index contributed by atoms with van der Waals surface area (Å²) in [4.78, 5) is 10.9. The van der Waals surface area contributed by atoms with Gasteiger partial charge in [0.2, 0.25) is 0 Å². The van der Waals surface area contributed by atoms with Crippen molar-refractivity contribution in [2.75, 3.05) is 7.11 Å². The lowest BCUT2D eigenvalue weighted by molar-refractivity contribution is -0.140. The molecular formula is C19H24Br2O2. The van der Waals surface area contributed by atoms with Crippen molar-refractivity contribution in [2.24, 2.45) is 0 Å². The lowest BCUT2D eigenvalue weighted by Crippen LogP contribution is -1.98. The Balaban J connectivity index is 3.51. The van der Waals surface area contributed by atoms with Crippen molar-refractivity contribution in [1.82, 2.24) is 0 Å². The number of esters is 1. The normalized spacial score (nSPS) is 9.52. The number of rotatable bonds is 10. The molecule has 2 nitrogen and oxygen atoms in total. The van der Waals surface area contributed by atoms with Crippen molar-refractivity contribution < 1.29 is 9.53 Å². The molecule has 0 atom stereocenters. The molecule has 0 aromatic carbocycles. The Morgan fingerprint density at radius 3 is 2.48 bits per heavy atom. The van der Waals surface area contributed by atoms with Crippen LogP contribution in [0.2, 0.25) is 0 Å². The van der Waals surface area contributed by atoms with Crippen LogP contribution in [0.25, 0.3) is 0 Å². The Hall–Kier alpha value is -0.970. The van der Waals surface area contributed by atoms with E-state index in [-0.39, 0.29) is 5.97 Å². The predicted octanol–water partition coefficient (Wildman–Crippen LogP) is 5.86. The molecule has 0 saturated carbocycles. The summed E-state index contributed by atoms with van der Waals surface area (Å²) >= 11 is 6.70. The molecule has 0 fully saturated rings. The van der Waals surface area contributed by atoms with Crippen LogP contribution in [0.15, 0.2) is 21.6 Å². The lowest BCUT2D eigenvalue weighted by atomic mass is 10.1. The first-order valence-corrected chi connectivity index (χ1v) is 9.46. The van der Waals surface area contributed by atoms with Gasteiger partial charge in [0.15, 0.2) is 0 Å². The molecule has 0 aliphatic heterocycles. The fraction of sp³-hybridized carbons (Fsp3) is 0.526. The topological polar surface area (TPSA) is 26.3 Å². The van der Waals surface area contributed by atoms with Crippen molar-refractivity contribution in [1.29, 1.82) is 0 Å². The molecule has 0 spiro atoms. The zero-order valence-corrected chi connectivity index (χ0v) is 16.8. The van der Waals surface area contributed by atoms with E-state index < -0.39 is 0 Å². The summed E-state index contributed by atoms with van der Waals surface area (Å²) in [6.07, 6.45) is 15.1. The molecule has 0 rings (SSSR count). The highest BCUT2D eigenvalue weighted by atomic mass is 79.9. The second-order valence-corrected chi connectivity index (χ2v) is 7.66. The molecule has 0 aliphatic rings. The molecule has 126 valence electrons. The minimum absolute atomic E-state index is 0.187. The molecule has 0 aliphatic carbocycles. The van der Waals surface area contributed by atoms with Gasteiger partial charge in [0.05, 0.1) is 10.5 Å².